The van der Waals surface area contributed by atoms with Crippen LogP contribution in [-0.2, 0) is 4.79 Å². The summed E-state index contributed by atoms with van der Waals surface area (Å²) in [5.74, 6) is -0.285. The van der Waals surface area contributed by atoms with E-state index in [4.69, 9.17) is 0 Å². The normalized spacial score (nSPS) is 23.0. The minimum Gasteiger partial charge on any atom is -0.282 e. The van der Waals surface area contributed by atoms with Crippen LogP contribution in [0.15, 0.2) is 11.0 Å². The Kier molecular flexibility index (Phi) is 1.57. The average molecular weight is 143 g/mol. The molecular weight excluding hydrogens is 138 g/mol. The van der Waals surface area contributed by atoms with E-state index in [-0.39, 0.29) is 11.1 Å². The Labute approximate surface area is 56.5 Å². The van der Waals surface area contributed by atoms with E-state index in [1.54, 1.807) is 13.0 Å². The number of amides is 2. The van der Waals surface area contributed by atoms with Gasteiger partial charge in [0.05, 0.1) is 4.91 Å². The molecule has 0 aromatic rings. The summed E-state index contributed by atoms with van der Waals surface area (Å²) in [7, 11) is 0. The molecule has 0 spiro atoms. The first-order valence-electron chi connectivity index (χ1n) is 2.43. The second kappa shape index (κ2) is 2.23. The zero-order valence-corrected chi connectivity index (χ0v) is 5.62. The van der Waals surface area contributed by atoms with Crippen molar-refractivity contribution in [2.24, 2.45) is 0 Å². The fourth-order valence-corrected chi connectivity index (χ4v) is 1.12. The van der Waals surface area contributed by atoms with Crippen LogP contribution in [0, 0.1) is 0 Å². The van der Waals surface area contributed by atoms with Crippen LogP contribution in [0.2, 0.25) is 0 Å². The number of allylic oxidation sites excluding steroid dienone is 1. The van der Waals surface area contributed by atoms with E-state index < -0.39 is 0 Å². The number of carbonyl (C=O) groups excluding carboxylic acids is 2. The molecular formula is C5H5NO2S. The topological polar surface area (TPSA) is 46.2 Å². The van der Waals surface area contributed by atoms with Gasteiger partial charge in [-0.3, -0.25) is 14.9 Å². The fraction of sp³-hybridized carbons (Fsp3) is 0.200. The van der Waals surface area contributed by atoms with Crippen molar-refractivity contribution < 1.29 is 9.59 Å². The lowest BCUT2D eigenvalue weighted by molar-refractivity contribution is -0.115. The Morgan fingerprint density at radius 1 is 1.56 bits per heavy atom. The van der Waals surface area contributed by atoms with Crippen molar-refractivity contribution in [3.63, 3.8) is 0 Å². The third kappa shape index (κ3) is 1.13. The lowest BCUT2D eigenvalue weighted by atomic mass is 10.5. The Bertz CT molecular complexity index is 197. The van der Waals surface area contributed by atoms with Crippen molar-refractivity contribution in [1.29, 1.82) is 0 Å². The van der Waals surface area contributed by atoms with Gasteiger partial charge in [0.15, 0.2) is 0 Å². The Morgan fingerprint density at radius 3 is 2.44 bits per heavy atom. The molecule has 1 fully saturated rings. The Hall–Kier alpha value is -0.770. The molecule has 2 amide bonds. The maximum absolute atomic E-state index is 10.6. The molecule has 0 aliphatic carbocycles. The van der Waals surface area contributed by atoms with Gasteiger partial charge in [-0.15, -0.1) is 0 Å². The minimum atomic E-state index is -0.285. The smallest absolute Gasteiger partial charge is 0.282 e. The van der Waals surface area contributed by atoms with Gasteiger partial charge in [0.25, 0.3) is 11.1 Å². The van der Waals surface area contributed by atoms with Crippen molar-refractivity contribution in [2.75, 3.05) is 0 Å². The first-order chi connectivity index (χ1) is 4.24. The molecule has 1 heterocycles. The molecule has 48 valence electrons. The van der Waals surface area contributed by atoms with Crippen LogP contribution in [0.3, 0.4) is 0 Å². The number of rotatable bonds is 0. The second-order valence-electron chi connectivity index (χ2n) is 1.50. The van der Waals surface area contributed by atoms with E-state index in [1.807, 2.05) is 0 Å². The molecule has 1 N–H and O–H groups in total. The number of imide groups is 1. The highest BCUT2D eigenvalue weighted by Crippen LogP contribution is 2.21. The average Bonchev–Trinajstić information content (AvgIpc) is 2.10. The van der Waals surface area contributed by atoms with Crippen molar-refractivity contribution in [2.45, 2.75) is 6.92 Å². The third-order valence-electron chi connectivity index (χ3n) is 0.904. The van der Waals surface area contributed by atoms with E-state index in [9.17, 15) is 9.59 Å². The van der Waals surface area contributed by atoms with Crippen LogP contribution < -0.4 is 5.32 Å². The summed E-state index contributed by atoms with van der Waals surface area (Å²) < 4.78 is 0. The molecule has 0 aromatic heterocycles. The zero-order valence-electron chi connectivity index (χ0n) is 4.80. The summed E-state index contributed by atoms with van der Waals surface area (Å²) in [5.41, 5.74) is 0. The number of nitrogens with one attached hydrogen (secondary N) is 1. The highest BCUT2D eigenvalue weighted by Gasteiger charge is 2.23. The van der Waals surface area contributed by atoms with Gasteiger partial charge in [-0.25, -0.2) is 0 Å². The van der Waals surface area contributed by atoms with Gasteiger partial charge < -0.3 is 0 Å². The SMILES string of the molecule is CC=C1SC(=O)NC1=O. The van der Waals surface area contributed by atoms with Crippen molar-refractivity contribution >= 4 is 22.9 Å². The zero-order chi connectivity index (χ0) is 6.85. The van der Waals surface area contributed by atoms with Crippen molar-refractivity contribution in [3.05, 3.63) is 11.0 Å². The van der Waals surface area contributed by atoms with Crippen LogP contribution in [0.25, 0.3) is 0 Å². The lowest BCUT2D eigenvalue weighted by Crippen LogP contribution is -2.17. The van der Waals surface area contributed by atoms with Crippen LogP contribution in [0.1, 0.15) is 6.92 Å². The molecule has 1 aliphatic rings. The summed E-state index contributed by atoms with van der Waals surface area (Å²) in [4.78, 5) is 21.5. The summed E-state index contributed by atoms with van der Waals surface area (Å²) in [6, 6.07) is 0. The molecule has 0 aromatic carbocycles. The largest absolute Gasteiger partial charge is 0.290 e. The van der Waals surface area contributed by atoms with Gasteiger partial charge in [0.2, 0.25) is 0 Å². The summed E-state index contributed by atoms with van der Waals surface area (Å²) in [6.07, 6.45) is 1.62. The van der Waals surface area contributed by atoms with Crippen LogP contribution in [0.5, 0.6) is 0 Å². The van der Waals surface area contributed by atoms with Crippen molar-refractivity contribution in [3.8, 4) is 0 Å². The summed E-state index contributed by atoms with van der Waals surface area (Å²) in [6.45, 7) is 1.72. The van der Waals surface area contributed by atoms with Crippen LogP contribution >= 0.6 is 11.8 Å². The Balaban J connectivity index is 2.81. The molecule has 1 aliphatic heterocycles. The van der Waals surface area contributed by atoms with Gasteiger partial charge in [0, 0.05) is 0 Å². The molecule has 1 saturated heterocycles. The monoisotopic (exact) mass is 143 g/mol. The molecule has 0 atom stereocenters. The predicted octanol–water partition coefficient (Wildman–Crippen LogP) is 0.873. The van der Waals surface area contributed by atoms with Crippen LogP contribution in [-0.4, -0.2) is 11.1 Å². The number of hydrogen-bond acceptors (Lipinski definition) is 3. The highest BCUT2D eigenvalue weighted by atomic mass is 32.2. The van der Waals surface area contributed by atoms with E-state index in [0.717, 1.165) is 11.8 Å². The van der Waals surface area contributed by atoms with Gasteiger partial charge in [-0.1, -0.05) is 6.08 Å². The summed E-state index contributed by atoms with van der Waals surface area (Å²) >= 11 is 0.935. The lowest BCUT2D eigenvalue weighted by Gasteiger charge is -1.81. The quantitative estimate of drug-likeness (QED) is 0.512. The second-order valence-corrected chi connectivity index (χ2v) is 2.51. The number of hydrogen-bond donors (Lipinski definition) is 1. The molecule has 4 heteroatoms. The Morgan fingerprint density at radius 2 is 2.22 bits per heavy atom. The van der Waals surface area contributed by atoms with Gasteiger partial charge >= 0.3 is 0 Å². The first-order valence-corrected chi connectivity index (χ1v) is 3.25. The fourth-order valence-electron chi connectivity index (χ4n) is 0.516. The van der Waals surface area contributed by atoms with E-state index in [2.05, 4.69) is 5.32 Å². The third-order valence-corrected chi connectivity index (χ3v) is 1.83. The molecule has 0 radical (unpaired) electrons. The number of carbonyl (C=O) groups is 2. The van der Waals surface area contributed by atoms with Gasteiger partial charge in [-0.2, -0.15) is 0 Å². The maximum atomic E-state index is 10.6. The molecule has 1 rings (SSSR count). The predicted molar refractivity (Wildman–Crippen MR) is 34.9 cm³/mol. The van der Waals surface area contributed by atoms with Gasteiger partial charge in [-0.05, 0) is 18.7 Å². The highest BCUT2D eigenvalue weighted by molar-refractivity contribution is 8.18. The molecule has 3 nitrogen and oxygen atoms in total. The van der Waals surface area contributed by atoms with Crippen molar-refractivity contribution in [1.82, 2.24) is 5.32 Å². The van der Waals surface area contributed by atoms with E-state index in [1.165, 1.54) is 0 Å². The van der Waals surface area contributed by atoms with E-state index >= 15 is 0 Å². The number of thioether (sulfide) groups is 1. The minimum absolute atomic E-state index is 0.284. The van der Waals surface area contributed by atoms with Crippen LogP contribution in [0.4, 0.5) is 4.79 Å². The molecule has 0 unspecified atom stereocenters. The van der Waals surface area contributed by atoms with E-state index in [0.29, 0.717) is 4.91 Å². The standard InChI is InChI=1S/C5H5NO2S/c1-2-3-4(7)6-5(8)9-3/h2H,1H3,(H,6,7,8). The molecule has 0 bridgehead atoms. The first kappa shape index (κ1) is 6.35. The molecule has 0 saturated carbocycles. The van der Waals surface area contributed by atoms with Gasteiger partial charge in [0.1, 0.15) is 0 Å². The maximum Gasteiger partial charge on any atom is 0.290 e. The molecule has 9 heavy (non-hydrogen) atoms. The summed E-state index contributed by atoms with van der Waals surface area (Å²) in [5, 5.41) is 1.85.